The van der Waals surface area contributed by atoms with Crippen LogP contribution in [0, 0.1) is 5.92 Å². The SMILES string of the molecule is CC[Si](CC)(CC)CCC1CC=CCC1. The summed E-state index contributed by atoms with van der Waals surface area (Å²) in [6, 6.07) is 6.10. The second-order valence-corrected chi connectivity index (χ2v) is 10.9. The third-order valence-electron chi connectivity index (χ3n) is 4.71. The van der Waals surface area contributed by atoms with Crippen molar-refractivity contribution in [2.24, 2.45) is 5.92 Å². The molecule has 0 heterocycles. The van der Waals surface area contributed by atoms with Gasteiger partial charge < -0.3 is 0 Å². The molecule has 88 valence electrons. The Morgan fingerprint density at radius 1 is 1.07 bits per heavy atom. The van der Waals surface area contributed by atoms with E-state index < -0.39 is 8.07 Å². The Morgan fingerprint density at radius 3 is 2.20 bits per heavy atom. The molecule has 0 fully saturated rings. The summed E-state index contributed by atoms with van der Waals surface area (Å²) < 4.78 is 0. The van der Waals surface area contributed by atoms with Crippen LogP contribution in [0.3, 0.4) is 0 Å². The van der Waals surface area contributed by atoms with Crippen LogP contribution in [0.4, 0.5) is 0 Å². The molecule has 1 aliphatic rings. The maximum Gasteiger partial charge on any atom is 0.0527 e. The molecule has 1 unspecified atom stereocenters. The highest BCUT2D eigenvalue weighted by atomic mass is 28.3. The molecule has 0 N–H and O–H groups in total. The monoisotopic (exact) mass is 224 g/mol. The molecule has 1 aliphatic carbocycles. The van der Waals surface area contributed by atoms with E-state index in [1.165, 1.54) is 43.8 Å². The Hall–Kier alpha value is -0.0431. The van der Waals surface area contributed by atoms with Crippen LogP contribution >= 0.6 is 0 Å². The normalized spacial score (nSPS) is 21.9. The molecule has 0 amide bonds. The van der Waals surface area contributed by atoms with Crippen molar-refractivity contribution in [3.63, 3.8) is 0 Å². The third kappa shape index (κ3) is 3.79. The minimum Gasteiger partial charge on any atom is -0.0885 e. The maximum absolute atomic E-state index is 2.43. The van der Waals surface area contributed by atoms with Crippen molar-refractivity contribution >= 4 is 8.07 Å². The first-order valence-corrected chi connectivity index (χ1v) is 9.74. The van der Waals surface area contributed by atoms with Gasteiger partial charge in [-0.3, -0.25) is 0 Å². The second kappa shape index (κ2) is 6.52. The quantitative estimate of drug-likeness (QED) is 0.427. The minimum absolute atomic E-state index is 0.825. The van der Waals surface area contributed by atoms with Crippen LogP contribution in [0.5, 0.6) is 0 Å². The lowest BCUT2D eigenvalue weighted by Gasteiger charge is -2.30. The molecule has 1 heteroatoms. The molecule has 0 saturated heterocycles. The Labute approximate surface area is 97.2 Å². The minimum atomic E-state index is -0.825. The van der Waals surface area contributed by atoms with E-state index in [4.69, 9.17) is 0 Å². The predicted octanol–water partition coefficient (Wildman–Crippen LogP) is 5.24. The standard InChI is InChI=1S/C14H28Si/c1-4-15(5-2,6-3)13-12-14-10-8-7-9-11-14/h7-8,14H,4-6,9-13H2,1-3H3. The fourth-order valence-corrected chi connectivity index (χ4v) is 6.49. The van der Waals surface area contributed by atoms with Gasteiger partial charge in [-0.2, -0.15) is 0 Å². The summed E-state index contributed by atoms with van der Waals surface area (Å²) in [6.45, 7) is 7.29. The lowest BCUT2D eigenvalue weighted by molar-refractivity contribution is 0.462. The number of hydrogen-bond donors (Lipinski definition) is 0. The van der Waals surface area contributed by atoms with Gasteiger partial charge in [0.15, 0.2) is 0 Å². The molecule has 0 spiro atoms. The van der Waals surface area contributed by atoms with Gasteiger partial charge in [-0.05, 0) is 25.2 Å². The van der Waals surface area contributed by atoms with E-state index in [2.05, 4.69) is 32.9 Å². The molecule has 0 nitrogen and oxygen atoms in total. The molecule has 0 aromatic heterocycles. The molecule has 1 rings (SSSR count). The van der Waals surface area contributed by atoms with Crippen LogP contribution in [-0.2, 0) is 0 Å². The Morgan fingerprint density at radius 2 is 1.73 bits per heavy atom. The second-order valence-electron chi connectivity index (χ2n) is 5.25. The fraction of sp³-hybridized carbons (Fsp3) is 0.857. The Bertz CT molecular complexity index is 183. The molecule has 15 heavy (non-hydrogen) atoms. The van der Waals surface area contributed by atoms with Gasteiger partial charge >= 0.3 is 0 Å². The van der Waals surface area contributed by atoms with Crippen LogP contribution in [0.15, 0.2) is 12.2 Å². The van der Waals surface area contributed by atoms with Gasteiger partial charge in [-0.25, -0.2) is 0 Å². The van der Waals surface area contributed by atoms with Gasteiger partial charge in [0, 0.05) is 0 Å². The third-order valence-corrected chi connectivity index (χ3v) is 10.6. The van der Waals surface area contributed by atoms with Crippen LogP contribution in [0.1, 0.15) is 46.5 Å². The van der Waals surface area contributed by atoms with Crippen LogP contribution in [0.2, 0.25) is 24.2 Å². The predicted molar refractivity (Wildman–Crippen MR) is 73.1 cm³/mol. The van der Waals surface area contributed by atoms with Crippen molar-refractivity contribution < 1.29 is 0 Å². The number of allylic oxidation sites excluding steroid dienone is 2. The summed E-state index contributed by atoms with van der Waals surface area (Å²) in [5.74, 6) is 1.02. The largest absolute Gasteiger partial charge is 0.0885 e. The number of hydrogen-bond acceptors (Lipinski definition) is 0. The number of rotatable bonds is 6. The molecule has 0 bridgehead atoms. The van der Waals surface area contributed by atoms with Crippen LogP contribution in [-0.4, -0.2) is 8.07 Å². The van der Waals surface area contributed by atoms with Crippen LogP contribution in [0.25, 0.3) is 0 Å². The summed E-state index contributed by atoms with van der Waals surface area (Å²) in [7, 11) is -0.825. The first kappa shape index (κ1) is 13.0. The molecule has 0 radical (unpaired) electrons. The van der Waals surface area contributed by atoms with E-state index in [0.29, 0.717) is 0 Å². The van der Waals surface area contributed by atoms with E-state index in [0.717, 1.165) is 5.92 Å². The smallest absolute Gasteiger partial charge is 0.0527 e. The van der Waals surface area contributed by atoms with Crippen molar-refractivity contribution in [2.75, 3.05) is 0 Å². The van der Waals surface area contributed by atoms with E-state index in [-0.39, 0.29) is 0 Å². The maximum atomic E-state index is 2.43. The van der Waals surface area contributed by atoms with Gasteiger partial charge in [-0.15, -0.1) is 0 Å². The average molecular weight is 224 g/mol. The van der Waals surface area contributed by atoms with Crippen molar-refractivity contribution in [3.05, 3.63) is 12.2 Å². The molecular formula is C14H28Si. The Kier molecular flexibility index (Phi) is 5.66. The van der Waals surface area contributed by atoms with E-state index in [9.17, 15) is 0 Å². The highest BCUT2D eigenvalue weighted by Crippen LogP contribution is 2.31. The lowest BCUT2D eigenvalue weighted by Crippen LogP contribution is -2.31. The van der Waals surface area contributed by atoms with Gasteiger partial charge in [0.25, 0.3) is 0 Å². The summed E-state index contributed by atoms with van der Waals surface area (Å²) in [5.41, 5.74) is 0. The molecular weight excluding hydrogens is 196 g/mol. The molecule has 0 aromatic carbocycles. The zero-order chi connectivity index (χ0) is 11.1. The summed E-state index contributed by atoms with van der Waals surface area (Å²) in [4.78, 5) is 0. The lowest BCUT2D eigenvalue weighted by atomic mass is 9.92. The fourth-order valence-electron chi connectivity index (χ4n) is 2.91. The van der Waals surface area contributed by atoms with E-state index in [1.54, 1.807) is 6.04 Å². The van der Waals surface area contributed by atoms with Crippen LogP contribution < -0.4 is 0 Å². The summed E-state index contributed by atoms with van der Waals surface area (Å²) in [6.07, 6.45) is 10.4. The van der Waals surface area contributed by atoms with Crippen molar-refractivity contribution in [3.8, 4) is 0 Å². The van der Waals surface area contributed by atoms with Gasteiger partial charge in [0.2, 0.25) is 0 Å². The topological polar surface area (TPSA) is 0 Å². The van der Waals surface area contributed by atoms with Gasteiger partial charge in [0.05, 0.1) is 8.07 Å². The first-order chi connectivity index (χ1) is 7.26. The molecule has 0 saturated carbocycles. The molecule has 0 aromatic rings. The van der Waals surface area contributed by atoms with Crippen molar-refractivity contribution in [2.45, 2.75) is 70.6 Å². The Balaban J connectivity index is 2.35. The highest BCUT2D eigenvalue weighted by Gasteiger charge is 2.27. The van der Waals surface area contributed by atoms with Gasteiger partial charge in [0.1, 0.15) is 0 Å². The van der Waals surface area contributed by atoms with Gasteiger partial charge in [-0.1, -0.05) is 63.5 Å². The molecule has 1 atom stereocenters. The average Bonchev–Trinajstić information content (AvgIpc) is 2.33. The zero-order valence-corrected chi connectivity index (χ0v) is 11.9. The van der Waals surface area contributed by atoms with Crippen molar-refractivity contribution in [1.29, 1.82) is 0 Å². The molecule has 0 aliphatic heterocycles. The summed E-state index contributed by atoms with van der Waals surface area (Å²) in [5, 5.41) is 0. The first-order valence-electron chi connectivity index (χ1n) is 6.91. The zero-order valence-electron chi connectivity index (χ0n) is 10.9. The van der Waals surface area contributed by atoms with E-state index in [1.807, 2.05) is 0 Å². The van der Waals surface area contributed by atoms with E-state index >= 15 is 0 Å². The summed E-state index contributed by atoms with van der Waals surface area (Å²) >= 11 is 0. The highest BCUT2D eigenvalue weighted by molar-refractivity contribution is 6.79. The van der Waals surface area contributed by atoms with Crippen molar-refractivity contribution in [1.82, 2.24) is 0 Å².